The smallest absolute Gasteiger partial charge is 0.277 e. The Morgan fingerprint density at radius 3 is 2.21 bits per heavy atom. The van der Waals surface area contributed by atoms with Crippen molar-refractivity contribution in [2.75, 3.05) is 20.0 Å². The quantitative estimate of drug-likeness (QED) is 0.401. The number of benzene rings is 2. The number of Topliss-reactive ketones (excluding diaryl/α,β-unsaturated/α-hetero) is 1. The molecule has 0 saturated carbocycles. The minimum absolute atomic E-state index is 0.0431. The first-order valence-electron chi connectivity index (χ1n) is 9.14. The minimum Gasteiger partial charge on any atom is -0.497 e. The Labute approximate surface area is 174 Å². The third kappa shape index (κ3) is 4.45. The average molecular weight is 413 g/mol. The van der Waals surface area contributed by atoms with Gasteiger partial charge in [0.05, 0.1) is 20.0 Å². The zero-order valence-corrected chi connectivity index (χ0v) is 18.3. The summed E-state index contributed by atoms with van der Waals surface area (Å²) >= 11 is 1.23. The summed E-state index contributed by atoms with van der Waals surface area (Å²) in [4.78, 5) is 12.8. The van der Waals surface area contributed by atoms with Gasteiger partial charge in [0.2, 0.25) is 5.89 Å². The van der Waals surface area contributed by atoms with Crippen molar-refractivity contribution in [2.45, 2.75) is 32.9 Å². The van der Waals surface area contributed by atoms with E-state index in [2.05, 4.69) is 17.1 Å². The van der Waals surface area contributed by atoms with Crippen molar-refractivity contribution in [2.24, 2.45) is 0 Å². The number of ketones is 1. The molecule has 0 atom stereocenters. The molecule has 0 radical (unpaired) electrons. The van der Waals surface area contributed by atoms with Gasteiger partial charge in [0.1, 0.15) is 11.5 Å². The van der Waals surface area contributed by atoms with Gasteiger partial charge in [-0.2, -0.15) is 0 Å². The van der Waals surface area contributed by atoms with E-state index >= 15 is 0 Å². The lowest BCUT2D eigenvalue weighted by atomic mass is 9.93. The molecular formula is C22H24N2O4S. The molecule has 0 N–H and O–H groups in total. The van der Waals surface area contributed by atoms with Crippen LogP contribution in [0.1, 0.15) is 32.6 Å². The topological polar surface area (TPSA) is 74.5 Å². The Balaban J connectivity index is 1.76. The van der Waals surface area contributed by atoms with Gasteiger partial charge in [-0.25, -0.2) is 0 Å². The summed E-state index contributed by atoms with van der Waals surface area (Å²) in [5.74, 6) is 1.87. The Morgan fingerprint density at radius 1 is 0.931 bits per heavy atom. The van der Waals surface area contributed by atoms with Crippen molar-refractivity contribution in [1.82, 2.24) is 10.2 Å². The molecule has 0 saturated heterocycles. The van der Waals surface area contributed by atoms with E-state index in [-0.39, 0.29) is 11.5 Å². The molecule has 0 aliphatic carbocycles. The second-order valence-corrected chi connectivity index (χ2v) is 7.73. The molecule has 7 heteroatoms. The number of ether oxygens (including phenoxy) is 2. The normalized spacial score (nSPS) is 10.8. The lowest BCUT2D eigenvalue weighted by Gasteiger charge is -2.13. The average Bonchev–Trinajstić information content (AvgIpc) is 3.21. The van der Waals surface area contributed by atoms with Gasteiger partial charge < -0.3 is 13.9 Å². The van der Waals surface area contributed by atoms with Crippen LogP contribution in [0, 0.1) is 27.7 Å². The fourth-order valence-corrected chi connectivity index (χ4v) is 3.67. The second kappa shape index (κ2) is 8.69. The van der Waals surface area contributed by atoms with Crippen LogP contribution in [-0.4, -0.2) is 36.0 Å². The van der Waals surface area contributed by atoms with Gasteiger partial charge in [-0.15, -0.1) is 10.2 Å². The highest BCUT2D eigenvalue weighted by molar-refractivity contribution is 7.99. The molecule has 2 aromatic carbocycles. The van der Waals surface area contributed by atoms with Crippen molar-refractivity contribution < 1.29 is 18.7 Å². The van der Waals surface area contributed by atoms with Crippen LogP contribution < -0.4 is 9.47 Å². The van der Waals surface area contributed by atoms with E-state index in [4.69, 9.17) is 13.9 Å². The van der Waals surface area contributed by atoms with Crippen molar-refractivity contribution >= 4 is 17.5 Å². The number of aryl methyl sites for hydroxylation is 1. The van der Waals surface area contributed by atoms with Gasteiger partial charge in [-0.1, -0.05) is 11.8 Å². The van der Waals surface area contributed by atoms with Gasteiger partial charge in [-0.05, 0) is 68.1 Å². The van der Waals surface area contributed by atoms with Crippen molar-refractivity contribution in [1.29, 1.82) is 0 Å². The lowest BCUT2D eigenvalue weighted by Crippen LogP contribution is -2.08. The monoisotopic (exact) mass is 412 g/mol. The molecule has 0 bridgehead atoms. The number of nitrogens with zero attached hydrogens (tertiary/aromatic N) is 2. The molecule has 0 aliphatic rings. The Bertz CT molecular complexity index is 1040. The molecule has 152 valence electrons. The zero-order valence-electron chi connectivity index (χ0n) is 17.5. The standard InChI is InChI=1S/C22H24N2O4S/c1-12-7-19(15(4)14(3)13(12)2)20(25)11-29-22-24-23-21(28-22)16-8-17(26-5)10-18(9-16)27-6/h7-10H,11H2,1-6H3. The van der Waals surface area contributed by atoms with Gasteiger partial charge >= 0.3 is 0 Å². The Morgan fingerprint density at radius 2 is 1.59 bits per heavy atom. The number of methoxy groups -OCH3 is 2. The summed E-state index contributed by atoms with van der Waals surface area (Å²) in [5, 5.41) is 8.48. The first kappa shape index (κ1) is 20.9. The molecule has 29 heavy (non-hydrogen) atoms. The van der Waals surface area contributed by atoms with Crippen molar-refractivity contribution in [3.8, 4) is 23.0 Å². The molecule has 6 nitrogen and oxygen atoms in total. The van der Waals surface area contributed by atoms with E-state index in [9.17, 15) is 4.79 Å². The number of aromatic nitrogens is 2. The summed E-state index contributed by atoms with van der Waals surface area (Å²) in [5.41, 5.74) is 5.96. The molecule has 0 spiro atoms. The van der Waals surface area contributed by atoms with Gasteiger partial charge in [0.15, 0.2) is 5.78 Å². The van der Waals surface area contributed by atoms with Crippen molar-refractivity contribution in [3.63, 3.8) is 0 Å². The number of rotatable bonds is 7. The number of carbonyl (C=O) groups is 1. The molecule has 0 unspecified atom stereocenters. The van der Waals surface area contributed by atoms with Crippen LogP contribution in [0.25, 0.3) is 11.5 Å². The van der Waals surface area contributed by atoms with Gasteiger partial charge in [-0.3, -0.25) is 4.79 Å². The summed E-state index contributed by atoms with van der Waals surface area (Å²) in [7, 11) is 3.16. The number of hydrogen-bond acceptors (Lipinski definition) is 7. The Hall–Kier alpha value is -2.80. The largest absolute Gasteiger partial charge is 0.497 e. The fraction of sp³-hybridized carbons (Fsp3) is 0.318. The maximum absolute atomic E-state index is 12.8. The maximum atomic E-state index is 12.8. The molecule has 1 aromatic heterocycles. The highest BCUT2D eigenvalue weighted by Gasteiger charge is 2.17. The summed E-state index contributed by atoms with van der Waals surface area (Å²) in [6.45, 7) is 8.14. The van der Waals surface area contributed by atoms with Crippen LogP contribution in [0.3, 0.4) is 0 Å². The molecule has 0 amide bonds. The van der Waals surface area contributed by atoms with E-state index in [1.807, 2.05) is 26.8 Å². The lowest BCUT2D eigenvalue weighted by molar-refractivity contribution is 0.102. The third-order valence-electron chi connectivity index (χ3n) is 5.11. The van der Waals surface area contributed by atoms with Crippen LogP contribution in [0.2, 0.25) is 0 Å². The van der Waals surface area contributed by atoms with Crippen LogP contribution in [0.4, 0.5) is 0 Å². The molecule has 1 heterocycles. The first-order chi connectivity index (χ1) is 13.8. The predicted molar refractivity (Wildman–Crippen MR) is 113 cm³/mol. The third-order valence-corrected chi connectivity index (χ3v) is 5.93. The molecule has 3 aromatic rings. The fourth-order valence-electron chi connectivity index (χ4n) is 3.02. The maximum Gasteiger partial charge on any atom is 0.277 e. The second-order valence-electron chi connectivity index (χ2n) is 6.80. The highest BCUT2D eigenvalue weighted by atomic mass is 32.2. The molecule has 3 rings (SSSR count). The van der Waals surface area contributed by atoms with E-state index in [1.54, 1.807) is 32.4 Å². The first-order valence-corrected chi connectivity index (χ1v) is 10.1. The SMILES string of the molecule is COc1cc(OC)cc(-c2nnc(SCC(=O)c3cc(C)c(C)c(C)c3C)o2)c1. The van der Waals surface area contributed by atoms with Crippen LogP contribution >= 0.6 is 11.8 Å². The van der Waals surface area contributed by atoms with E-state index in [0.717, 1.165) is 22.3 Å². The summed E-state index contributed by atoms with van der Waals surface area (Å²) in [6.07, 6.45) is 0. The van der Waals surface area contributed by atoms with E-state index < -0.39 is 0 Å². The molecule has 0 aliphatic heterocycles. The zero-order chi connectivity index (χ0) is 21.1. The molecule has 0 fully saturated rings. The van der Waals surface area contributed by atoms with Crippen LogP contribution in [0.15, 0.2) is 33.9 Å². The number of thioether (sulfide) groups is 1. The summed E-state index contributed by atoms with van der Waals surface area (Å²) < 4.78 is 16.3. The van der Waals surface area contributed by atoms with E-state index in [1.165, 1.54) is 17.3 Å². The van der Waals surface area contributed by atoms with Crippen LogP contribution in [0.5, 0.6) is 11.5 Å². The summed E-state index contributed by atoms with van der Waals surface area (Å²) in [6, 6.07) is 7.30. The molecular weight excluding hydrogens is 388 g/mol. The Kier molecular flexibility index (Phi) is 6.27. The number of carbonyl (C=O) groups excluding carboxylic acids is 1. The highest BCUT2D eigenvalue weighted by Crippen LogP contribution is 2.31. The van der Waals surface area contributed by atoms with Gasteiger partial charge in [0, 0.05) is 17.2 Å². The van der Waals surface area contributed by atoms with Gasteiger partial charge in [0.25, 0.3) is 5.22 Å². The van der Waals surface area contributed by atoms with Crippen LogP contribution in [-0.2, 0) is 0 Å². The van der Waals surface area contributed by atoms with Crippen molar-refractivity contribution in [3.05, 3.63) is 52.1 Å². The number of hydrogen-bond donors (Lipinski definition) is 0. The van der Waals surface area contributed by atoms with E-state index in [0.29, 0.717) is 28.2 Å². The minimum atomic E-state index is 0.0431. The predicted octanol–water partition coefficient (Wildman–Crippen LogP) is 4.96.